The van der Waals surface area contributed by atoms with Crippen LogP contribution in [0.2, 0.25) is 0 Å². The zero-order valence-corrected chi connectivity index (χ0v) is 13.7. The Bertz CT molecular complexity index is 826. The Balaban J connectivity index is 1.92. The summed E-state index contributed by atoms with van der Waals surface area (Å²) in [5.74, 6) is -1.44. The predicted octanol–water partition coefficient (Wildman–Crippen LogP) is 5.72. The lowest BCUT2D eigenvalue weighted by Gasteiger charge is -2.20. The number of benzene rings is 2. The molecule has 0 amide bonds. The van der Waals surface area contributed by atoms with Gasteiger partial charge < -0.3 is 10.1 Å². The van der Waals surface area contributed by atoms with Gasteiger partial charge in [-0.3, -0.25) is 4.98 Å². The topological polar surface area (TPSA) is 34.2 Å². The lowest BCUT2D eigenvalue weighted by molar-refractivity contribution is 0.402. The van der Waals surface area contributed by atoms with E-state index in [0.29, 0.717) is 17.7 Å². The van der Waals surface area contributed by atoms with Gasteiger partial charge >= 0.3 is 0 Å². The third-order valence-electron chi connectivity index (χ3n) is 3.85. The Morgan fingerprint density at radius 2 is 1.72 bits per heavy atom. The summed E-state index contributed by atoms with van der Waals surface area (Å²) in [5, 5.41) is 3.24. The number of pyridine rings is 1. The second kappa shape index (κ2) is 7.75. The number of ether oxygens (including phenoxy) is 1. The lowest BCUT2D eigenvalue weighted by Crippen LogP contribution is -2.12. The number of rotatable bonds is 6. The van der Waals surface area contributed by atoms with Gasteiger partial charge in [0.05, 0.1) is 6.04 Å². The number of nitrogens with zero attached hydrogens (tertiary/aromatic N) is 1. The molecular formula is C20H18F2N2O. The van der Waals surface area contributed by atoms with Crippen molar-refractivity contribution in [2.45, 2.75) is 19.4 Å². The Kier molecular flexibility index (Phi) is 5.23. The van der Waals surface area contributed by atoms with Gasteiger partial charge in [0.15, 0.2) is 17.4 Å². The van der Waals surface area contributed by atoms with Crippen LogP contribution in [0.25, 0.3) is 0 Å². The molecule has 0 aliphatic carbocycles. The molecule has 1 heterocycles. The molecule has 0 fully saturated rings. The third-order valence-corrected chi connectivity index (χ3v) is 3.85. The third kappa shape index (κ3) is 3.94. The molecule has 0 aliphatic heterocycles. The van der Waals surface area contributed by atoms with Crippen LogP contribution in [0.15, 0.2) is 67.0 Å². The highest BCUT2D eigenvalue weighted by Gasteiger charge is 2.21. The second-order valence-electron chi connectivity index (χ2n) is 5.54. The summed E-state index contributed by atoms with van der Waals surface area (Å²) in [6, 6.07) is 14.6. The number of anilines is 1. The number of halogens is 2. The molecule has 1 aromatic heterocycles. The van der Waals surface area contributed by atoms with E-state index in [0.717, 1.165) is 5.69 Å². The first-order valence-corrected chi connectivity index (χ1v) is 8.06. The number of para-hydroxylation sites is 1. The molecule has 2 aromatic carbocycles. The van der Waals surface area contributed by atoms with Crippen molar-refractivity contribution in [2.24, 2.45) is 0 Å². The summed E-state index contributed by atoms with van der Waals surface area (Å²) in [6.45, 7) is 1.93. The summed E-state index contributed by atoms with van der Waals surface area (Å²) >= 11 is 0. The molecule has 1 N–H and O–H groups in total. The van der Waals surface area contributed by atoms with E-state index in [9.17, 15) is 8.78 Å². The van der Waals surface area contributed by atoms with E-state index in [2.05, 4.69) is 10.3 Å². The minimum Gasteiger partial charge on any atom is -0.451 e. The van der Waals surface area contributed by atoms with Crippen molar-refractivity contribution in [3.8, 4) is 11.5 Å². The van der Waals surface area contributed by atoms with Crippen molar-refractivity contribution >= 4 is 5.69 Å². The number of nitrogens with one attached hydrogen (secondary N) is 1. The molecule has 0 saturated heterocycles. The molecule has 1 atom stereocenters. The van der Waals surface area contributed by atoms with E-state index >= 15 is 0 Å². The molecule has 5 heteroatoms. The monoisotopic (exact) mass is 340 g/mol. The maximum absolute atomic E-state index is 14.9. The largest absolute Gasteiger partial charge is 0.451 e. The molecule has 0 bridgehead atoms. The minimum absolute atomic E-state index is 0.318. The van der Waals surface area contributed by atoms with Crippen LogP contribution < -0.4 is 10.1 Å². The number of hydrogen-bond acceptors (Lipinski definition) is 3. The van der Waals surface area contributed by atoms with E-state index in [-0.39, 0.29) is 6.04 Å². The van der Waals surface area contributed by atoms with Crippen molar-refractivity contribution in [1.82, 2.24) is 4.98 Å². The van der Waals surface area contributed by atoms with Gasteiger partial charge in [-0.25, -0.2) is 8.78 Å². The average Bonchev–Trinajstić information content (AvgIpc) is 2.65. The Morgan fingerprint density at radius 1 is 1.00 bits per heavy atom. The molecular weight excluding hydrogens is 322 g/mol. The Morgan fingerprint density at radius 3 is 2.40 bits per heavy atom. The average molecular weight is 340 g/mol. The number of aromatic nitrogens is 1. The SMILES string of the molecule is CC[C@H](Nc1ccncc1)c1ccc(F)c(Oc2ccccc2)c1F. The molecule has 0 saturated carbocycles. The van der Waals surface area contributed by atoms with Gasteiger partial charge in [0.2, 0.25) is 0 Å². The van der Waals surface area contributed by atoms with Crippen molar-refractivity contribution in [3.63, 3.8) is 0 Å². The number of hydrogen-bond donors (Lipinski definition) is 1. The van der Waals surface area contributed by atoms with Crippen LogP contribution in [0.1, 0.15) is 24.9 Å². The van der Waals surface area contributed by atoms with Crippen LogP contribution in [0.4, 0.5) is 14.5 Å². The molecule has 3 rings (SSSR count). The van der Waals surface area contributed by atoms with Gasteiger partial charge in [0, 0.05) is 23.6 Å². The first-order valence-electron chi connectivity index (χ1n) is 8.06. The summed E-state index contributed by atoms with van der Waals surface area (Å²) in [4.78, 5) is 3.96. The first kappa shape index (κ1) is 16.9. The van der Waals surface area contributed by atoms with Gasteiger partial charge in [-0.15, -0.1) is 0 Å². The normalized spacial score (nSPS) is 11.8. The van der Waals surface area contributed by atoms with Gasteiger partial charge in [-0.05, 0) is 36.8 Å². The highest BCUT2D eigenvalue weighted by molar-refractivity contribution is 5.46. The summed E-state index contributed by atoms with van der Waals surface area (Å²) in [7, 11) is 0. The summed E-state index contributed by atoms with van der Waals surface area (Å²) in [5.41, 5.74) is 1.17. The molecule has 0 radical (unpaired) electrons. The molecule has 25 heavy (non-hydrogen) atoms. The van der Waals surface area contributed by atoms with Gasteiger partial charge in [-0.2, -0.15) is 0 Å². The predicted molar refractivity (Wildman–Crippen MR) is 93.8 cm³/mol. The van der Waals surface area contributed by atoms with E-state index < -0.39 is 17.4 Å². The van der Waals surface area contributed by atoms with Crippen molar-refractivity contribution < 1.29 is 13.5 Å². The van der Waals surface area contributed by atoms with Crippen LogP contribution in [-0.2, 0) is 0 Å². The van der Waals surface area contributed by atoms with Crippen LogP contribution >= 0.6 is 0 Å². The Labute approximate surface area is 145 Å². The van der Waals surface area contributed by atoms with E-state index in [1.54, 1.807) is 48.8 Å². The van der Waals surface area contributed by atoms with Crippen LogP contribution in [-0.4, -0.2) is 4.98 Å². The molecule has 3 nitrogen and oxygen atoms in total. The van der Waals surface area contributed by atoms with Crippen molar-refractivity contribution in [2.75, 3.05) is 5.32 Å². The lowest BCUT2D eigenvalue weighted by atomic mass is 10.0. The molecule has 0 unspecified atom stereocenters. The molecule has 3 aromatic rings. The first-order chi connectivity index (χ1) is 12.2. The van der Waals surface area contributed by atoms with Crippen molar-refractivity contribution in [1.29, 1.82) is 0 Å². The molecule has 128 valence electrons. The van der Waals surface area contributed by atoms with Crippen molar-refractivity contribution in [3.05, 3.63) is 84.2 Å². The minimum atomic E-state index is -0.733. The molecule has 0 aliphatic rings. The molecule has 0 spiro atoms. The van der Waals surface area contributed by atoms with Crippen LogP contribution in [0.3, 0.4) is 0 Å². The fourth-order valence-electron chi connectivity index (χ4n) is 2.57. The van der Waals surface area contributed by atoms with Gasteiger partial charge in [0.1, 0.15) is 5.75 Å². The summed E-state index contributed by atoms with van der Waals surface area (Å²) < 4.78 is 34.5. The van der Waals surface area contributed by atoms with Gasteiger partial charge in [-0.1, -0.05) is 31.2 Å². The van der Waals surface area contributed by atoms with E-state index in [4.69, 9.17) is 4.74 Å². The maximum atomic E-state index is 14.9. The van der Waals surface area contributed by atoms with E-state index in [1.165, 1.54) is 12.1 Å². The van der Waals surface area contributed by atoms with Crippen LogP contribution in [0, 0.1) is 11.6 Å². The fourth-order valence-corrected chi connectivity index (χ4v) is 2.57. The van der Waals surface area contributed by atoms with E-state index in [1.807, 2.05) is 13.0 Å². The highest BCUT2D eigenvalue weighted by Crippen LogP contribution is 2.34. The highest BCUT2D eigenvalue weighted by atomic mass is 19.1. The standard InChI is InChI=1S/C20H18F2N2O/c1-2-18(24-14-10-12-23-13-11-14)16-8-9-17(21)20(19(16)22)25-15-6-4-3-5-7-15/h3-13,18H,2H2,1H3,(H,23,24)/t18-/m0/s1. The maximum Gasteiger partial charge on any atom is 0.198 e. The zero-order chi connectivity index (χ0) is 17.6. The quantitative estimate of drug-likeness (QED) is 0.623. The summed E-state index contributed by atoms with van der Waals surface area (Å²) in [6.07, 6.45) is 3.93. The van der Waals surface area contributed by atoms with Crippen LogP contribution in [0.5, 0.6) is 11.5 Å². The Hall–Kier alpha value is -2.95. The fraction of sp³-hybridized carbons (Fsp3) is 0.150. The zero-order valence-electron chi connectivity index (χ0n) is 13.7. The smallest absolute Gasteiger partial charge is 0.198 e. The second-order valence-corrected chi connectivity index (χ2v) is 5.54. The van der Waals surface area contributed by atoms with Gasteiger partial charge in [0.25, 0.3) is 0 Å².